The molecule has 2 aromatic rings. The fraction of sp³-hybridized carbons (Fsp3) is 0.520. The molecule has 2 atom stereocenters. The number of hydrogen-bond donors (Lipinski definition) is 0. The van der Waals surface area contributed by atoms with Gasteiger partial charge in [0.2, 0.25) is 5.88 Å². The van der Waals surface area contributed by atoms with Gasteiger partial charge in [-0.1, -0.05) is 36.2 Å². The van der Waals surface area contributed by atoms with Crippen molar-refractivity contribution in [2.24, 2.45) is 0 Å². The first-order chi connectivity index (χ1) is 15.0. The molecular formula is C25H32ClN3O2. The van der Waals surface area contributed by atoms with Crippen LogP contribution in [0.5, 0.6) is 11.6 Å². The smallest absolute Gasteiger partial charge is 0.238 e. The van der Waals surface area contributed by atoms with Gasteiger partial charge in [0.15, 0.2) is 5.82 Å². The standard InChI is InChI=1S/C25H32ClN3O2/c1-17(2)14-18(3)19-8-10-21(11-9-19)30-22-12-13-29(15-22)24-23(26)25(28-16-27-24)31-20-6-4-5-7-20/h8-11,16,18,20,22H,1,4-7,12-15H2,2-3H3/t18-,22?/m1/s1. The van der Waals surface area contributed by atoms with E-state index in [4.69, 9.17) is 21.1 Å². The van der Waals surface area contributed by atoms with E-state index >= 15 is 0 Å². The number of nitrogens with zero attached hydrogens (tertiary/aromatic N) is 3. The quantitative estimate of drug-likeness (QED) is 0.458. The molecule has 2 heterocycles. The van der Waals surface area contributed by atoms with E-state index in [1.54, 1.807) is 6.33 Å². The second-order valence-corrected chi connectivity index (χ2v) is 9.32. The summed E-state index contributed by atoms with van der Waals surface area (Å²) in [6, 6.07) is 8.45. The Kier molecular flexibility index (Phi) is 7.01. The van der Waals surface area contributed by atoms with Crippen LogP contribution in [-0.2, 0) is 0 Å². The summed E-state index contributed by atoms with van der Waals surface area (Å²) in [5.74, 6) is 2.60. The van der Waals surface area contributed by atoms with Crippen molar-refractivity contribution in [2.45, 2.75) is 70.5 Å². The maximum atomic E-state index is 6.62. The Bertz CT molecular complexity index is 896. The molecule has 166 valence electrons. The Morgan fingerprint density at radius 3 is 2.58 bits per heavy atom. The second kappa shape index (κ2) is 9.90. The average molecular weight is 442 g/mol. The van der Waals surface area contributed by atoms with Crippen LogP contribution < -0.4 is 14.4 Å². The maximum absolute atomic E-state index is 6.62. The molecule has 4 rings (SSSR count). The van der Waals surface area contributed by atoms with Gasteiger partial charge in [-0.15, -0.1) is 6.58 Å². The minimum absolute atomic E-state index is 0.101. The van der Waals surface area contributed by atoms with Gasteiger partial charge in [-0.05, 0) is 62.6 Å². The van der Waals surface area contributed by atoms with Crippen molar-refractivity contribution in [1.29, 1.82) is 0 Å². The molecule has 0 radical (unpaired) electrons. The molecule has 1 saturated heterocycles. The molecule has 1 saturated carbocycles. The van der Waals surface area contributed by atoms with E-state index in [0.717, 1.165) is 50.3 Å². The minimum Gasteiger partial charge on any atom is -0.489 e. The van der Waals surface area contributed by atoms with Gasteiger partial charge in [0.05, 0.1) is 6.54 Å². The Labute approximate surface area is 190 Å². The minimum atomic E-state index is 0.101. The number of allylic oxidation sites excluding steroid dienone is 1. The zero-order valence-corrected chi connectivity index (χ0v) is 19.3. The number of anilines is 1. The molecule has 0 amide bonds. The molecule has 5 nitrogen and oxygen atoms in total. The van der Waals surface area contributed by atoms with Crippen LogP contribution in [0.4, 0.5) is 5.82 Å². The molecule has 1 aliphatic carbocycles. The highest BCUT2D eigenvalue weighted by Gasteiger charge is 2.28. The van der Waals surface area contributed by atoms with E-state index < -0.39 is 0 Å². The van der Waals surface area contributed by atoms with Crippen molar-refractivity contribution >= 4 is 17.4 Å². The van der Waals surface area contributed by atoms with Crippen LogP contribution in [0.15, 0.2) is 42.7 Å². The molecule has 31 heavy (non-hydrogen) atoms. The first-order valence-electron chi connectivity index (χ1n) is 11.3. The van der Waals surface area contributed by atoms with Gasteiger partial charge >= 0.3 is 0 Å². The molecule has 1 aromatic heterocycles. The van der Waals surface area contributed by atoms with Gasteiger partial charge in [-0.3, -0.25) is 0 Å². The summed E-state index contributed by atoms with van der Waals surface area (Å²) in [5.41, 5.74) is 2.52. The summed E-state index contributed by atoms with van der Waals surface area (Å²) in [7, 11) is 0. The third-order valence-electron chi connectivity index (χ3n) is 6.17. The number of rotatable bonds is 8. The van der Waals surface area contributed by atoms with Crippen molar-refractivity contribution < 1.29 is 9.47 Å². The van der Waals surface area contributed by atoms with Crippen molar-refractivity contribution in [3.63, 3.8) is 0 Å². The number of benzene rings is 1. The van der Waals surface area contributed by atoms with Crippen molar-refractivity contribution in [2.75, 3.05) is 18.0 Å². The monoisotopic (exact) mass is 441 g/mol. The van der Waals surface area contributed by atoms with Crippen LogP contribution >= 0.6 is 11.6 Å². The van der Waals surface area contributed by atoms with E-state index in [-0.39, 0.29) is 12.2 Å². The number of aromatic nitrogens is 2. The van der Waals surface area contributed by atoms with Crippen molar-refractivity contribution in [1.82, 2.24) is 9.97 Å². The highest BCUT2D eigenvalue weighted by molar-refractivity contribution is 6.34. The number of ether oxygens (including phenoxy) is 2. The molecular weight excluding hydrogens is 410 g/mol. The Balaban J connectivity index is 1.36. The summed E-state index contributed by atoms with van der Waals surface area (Å²) in [4.78, 5) is 10.9. The van der Waals surface area contributed by atoms with Gasteiger partial charge in [-0.2, -0.15) is 0 Å². The fourth-order valence-corrected chi connectivity index (χ4v) is 4.80. The van der Waals surface area contributed by atoms with E-state index in [0.29, 0.717) is 16.8 Å². The largest absolute Gasteiger partial charge is 0.489 e. The first kappa shape index (κ1) is 21.9. The molecule has 0 bridgehead atoms. The highest BCUT2D eigenvalue weighted by atomic mass is 35.5. The van der Waals surface area contributed by atoms with Crippen LogP contribution in [0.1, 0.15) is 63.9 Å². The van der Waals surface area contributed by atoms with Crippen LogP contribution in [0.3, 0.4) is 0 Å². The lowest BCUT2D eigenvalue weighted by atomic mass is 9.95. The molecule has 1 unspecified atom stereocenters. The molecule has 2 fully saturated rings. The summed E-state index contributed by atoms with van der Waals surface area (Å²) in [6.45, 7) is 9.92. The predicted molar refractivity (Wildman–Crippen MR) is 125 cm³/mol. The first-order valence-corrected chi connectivity index (χ1v) is 11.7. The third-order valence-corrected chi connectivity index (χ3v) is 6.50. The lowest BCUT2D eigenvalue weighted by Crippen LogP contribution is -2.26. The van der Waals surface area contributed by atoms with E-state index in [2.05, 4.69) is 59.6 Å². The van der Waals surface area contributed by atoms with Crippen molar-refractivity contribution in [3.8, 4) is 11.6 Å². The summed E-state index contributed by atoms with van der Waals surface area (Å²) in [6.07, 6.45) is 8.35. The van der Waals surface area contributed by atoms with Crippen LogP contribution in [0.2, 0.25) is 5.02 Å². The normalized spacial score (nSPS) is 20.1. The Morgan fingerprint density at radius 2 is 1.87 bits per heavy atom. The van der Waals surface area contributed by atoms with Crippen LogP contribution in [0, 0.1) is 0 Å². The lowest BCUT2D eigenvalue weighted by molar-refractivity contribution is 0.201. The Hall–Kier alpha value is -2.27. The zero-order valence-electron chi connectivity index (χ0n) is 18.5. The molecule has 1 aliphatic heterocycles. The molecule has 6 heteroatoms. The molecule has 1 aromatic carbocycles. The van der Waals surface area contributed by atoms with Crippen molar-refractivity contribution in [3.05, 3.63) is 53.3 Å². The van der Waals surface area contributed by atoms with E-state index in [1.165, 1.54) is 24.0 Å². The van der Waals surface area contributed by atoms with Gasteiger partial charge in [0.25, 0.3) is 0 Å². The van der Waals surface area contributed by atoms with E-state index in [1.807, 2.05) is 0 Å². The zero-order chi connectivity index (χ0) is 21.8. The van der Waals surface area contributed by atoms with Gasteiger partial charge < -0.3 is 14.4 Å². The number of halogens is 1. The lowest BCUT2D eigenvalue weighted by Gasteiger charge is -2.21. The highest BCUT2D eigenvalue weighted by Crippen LogP contribution is 2.35. The van der Waals surface area contributed by atoms with Crippen LogP contribution in [-0.4, -0.2) is 35.3 Å². The molecule has 2 aliphatic rings. The van der Waals surface area contributed by atoms with E-state index in [9.17, 15) is 0 Å². The number of hydrogen-bond acceptors (Lipinski definition) is 5. The predicted octanol–water partition coefficient (Wildman–Crippen LogP) is 6.18. The van der Waals surface area contributed by atoms with Gasteiger partial charge in [-0.25, -0.2) is 9.97 Å². The maximum Gasteiger partial charge on any atom is 0.238 e. The summed E-state index contributed by atoms with van der Waals surface area (Å²) in [5, 5.41) is 0.505. The van der Waals surface area contributed by atoms with Crippen LogP contribution in [0.25, 0.3) is 0 Å². The summed E-state index contributed by atoms with van der Waals surface area (Å²) < 4.78 is 12.3. The fourth-order valence-electron chi connectivity index (χ4n) is 4.54. The van der Waals surface area contributed by atoms with Gasteiger partial charge in [0, 0.05) is 13.0 Å². The topological polar surface area (TPSA) is 47.5 Å². The Morgan fingerprint density at radius 1 is 1.13 bits per heavy atom. The van der Waals surface area contributed by atoms with Gasteiger partial charge in [0.1, 0.15) is 29.3 Å². The SMILES string of the molecule is C=C(C)C[C@@H](C)c1ccc(OC2CCN(c3ncnc(OC4CCCC4)c3Cl)C2)cc1. The summed E-state index contributed by atoms with van der Waals surface area (Å²) >= 11 is 6.62. The second-order valence-electron chi connectivity index (χ2n) is 8.95. The average Bonchev–Trinajstić information content (AvgIpc) is 3.42. The third kappa shape index (κ3) is 5.51. The molecule has 0 spiro atoms. The molecule has 0 N–H and O–H groups in total.